The van der Waals surface area contributed by atoms with Crippen molar-refractivity contribution in [1.82, 2.24) is 14.8 Å². The number of nitrogens with zero attached hydrogens (tertiary/aromatic N) is 3. The van der Waals surface area contributed by atoms with E-state index in [1.807, 2.05) is 85.1 Å². The largest absolute Gasteiger partial charge is 0.489 e. The van der Waals surface area contributed by atoms with Gasteiger partial charge in [-0.15, -0.1) is 0 Å². The van der Waals surface area contributed by atoms with E-state index < -0.39 is 23.8 Å². The highest BCUT2D eigenvalue weighted by Gasteiger charge is 2.45. The Morgan fingerprint density at radius 1 is 0.895 bits per heavy atom. The van der Waals surface area contributed by atoms with E-state index >= 15 is 0 Å². The zero-order valence-electron chi connectivity index (χ0n) is 21.3. The third-order valence-corrected chi connectivity index (χ3v) is 6.72. The molecule has 38 heavy (non-hydrogen) atoms. The number of aromatic nitrogens is 1. The molecule has 5 rings (SSSR count). The predicted molar refractivity (Wildman–Crippen MR) is 145 cm³/mol. The number of amides is 4. The molecule has 1 aromatic heterocycles. The highest BCUT2D eigenvalue weighted by molar-refractivity contribution is 6.30. The van der Waals surface area contributed by atoms with Gasteiger partial charge in [0, 0.05) is 37.7 Å². The van der Waals surface area contributed by atoms with E-state index in [1.165, 1.54) is 14.1 Å². The number of aromatic amines is 1. The van der Waals surface area contributed by atoms with Crippen LogP contribution in [0, 0.1) is 5.92 Å². The summed E-state index contributed by atoms with van der Waals surface area (Å²) < 4.78 is 6.00. The van der Waals surface area contributed by atoms with Gasteiger partial charge in [-0.25, -0.2) is 4.79 Å². The molecule has 0 unspecified atom stereocenters. The van der Waals surface area contributed by atoms with Gasteiger partial charge < -0.3 is 9.72 Å². The van der Waals surface area contributed by atoms with Crippen molar-refractivity contribution >= 4 is 34.5 Å². The Bertz CT molecular complexity index is 1490. The van der Waals surface area contributed by atoms with E-state index in [0.717, 1.165) is 37.6 Å². The number of rotatable bonds is 8. The smallest absolute Gasteiger partial charge is 0.332 e. The van der Waals surface area contributed by atoms with E-state index in [1.54, 1.807) is 0 Å². The lowest BCUT2D eigenvalue weighted by molar-refractivity contribution is -0.144. The number of urea groups is 1. The van der Waals surface area contributed by atoms with Gasteiger partial charge in [-0.3, -0.25) is 24.4 Å². The first-order valence-electron chi connectivity index (χ1n) is 12.4. The number of carbonyl (C=O) groups is 3. The van der Waals surface area contributed by atoms with Crippen molar-refractivity contribution in [3.63, 3.8) is 0 Å². The molecule has 4 amide bonds. The Morgan fingerprint density at radius 2 is 1.55 bits per heavy atom. The van der Waals surface area contributed by atoms with Crippen LogP contribution in [0.25, 0.3) is 10.9 Å². The number of fused-ring (bicyclic) bond motifs is 1. The molecule has 0 radical (unpaired) electrons. The molecule has 2 heterocycles. The molecule has 0 aliphatic carbocycles. The topological polar surface area (TPSA) is 95.1 Å². The van der Waals surface area contributed by atoms with Crippen molar-refractivity contribution in [2.75, 3.05) is 20.6 Å². The first-order chi connectivity index (χ1) is 18.4. The van der Waals surface area contributed by atoms with Crippen LogP contribution in [0.1, 0.15) is 16.7 Å². The van der Waals surface area contributed by atoms with Gasteiger partial charge in [-0.05, 0) is 41.3 Å². The van der Waals surface area contributed by atoms with Gasteiger partial charge in [0.15, 0.2) is 5.92 Å². The van der Waals surface area contributed by atoms with Crippen molar-refractivity contribution in [1.29, 1.82) is 0 Å². The first kappa shape index (κ1) is 25.0. The van der Waals surface area contributed by atoms with E-state index in [0.29, 0.717) is 30.8 Å². The monoisotopic (exact) mass is 508 g/mol. The lowest BCUT2D eigenvalue weighted by atomic mass is 9.92. The van der Waals surface area contributed by atoms with Gasteiger partial charge >= 0.3 is 6.03 Å². The van der Waals surface area contributed by atoms with Crippen molar-refractivity contribution < 1.29 is 19.1 Å². The van der Waals surface area contributed by atoms with Crippen LogP contribution in [-0.2, 0) is 22.6 Å². The summed E-state index contributed by atoms with van der Waals surface area (Å²) in [6.45, 7) is 0.830. The Labute approximate surface area is 220 Å². The van der Waals surface area contributed by atoms with Crippen molar-refractivity contribution in [2.24, 2.45) is 10.9 Å². The summed E-state index contributed by atoms with van der Waals surface area (Å²) in [6.07, 6.45) is 2.53. The van der Waals surface area contributed by atoms with E-state index in [-0.39, 0.29) is 0 Å². The van der Waals surface area contributed by atoms with Crippen LogP contribution < -0.4 is 4.74 Å². The molecule has 8 nitrogen and oxygen atoms in total. The Hall–Kier alpha value is -4.72. The van der Waals surface area contributed by atoms with E-state index in [2.05, 4.69) is 4.98 Å². The molecule has 1 N–H and O–H groups in total. The number of carbonyl (C=O) groups excluding carboxylic acids is 3. The average molecular weight is 509 g/mol. The third-order valence-electron chi connectivity index (χ3n) is 6.72. The van der Waals surface area contributed by atoms with Gasteiger partial charge in [-0.2, -0.15) is 0 Å². The van der Waals surface area contributed by atoms with Crippen molar-refractivity contribution in [2.45, 2.75) is 13.0 Å². The molecule has 1 fully saturated rings. The van der Waals surface area contributed by atoms with Crippen LogP contribution >= 0.6 is 0 Å². The minimum atomic E-state index is -1.17. The van der Waals surface area contributed by atoms with E-state index in [4.69, 9.17) is 9.73 Å². The second-order valence-electron chi connectivity index (χ2n) is 9.19. The molecule has 3 aromatic carbocycles. The summed E-state index contributed by atoms with van der Waals surface area (Å²) in [5.41, 5.74) is 4.16. The number of barbiturate groups is 1. The molecule has 1 saturated heterocycles. The third kappa shape index (κ3) is 4.93. The molecule has 1 aliphatic heterocycles. The average Bonchev–Trinajstić information content (AvgIpc) is 3.36. The SMILES string of the molecule is CN1C(=O)C(C(=NCCc2c[nH]c3ccc(OCc4ccccc4)cc23)c2ccccc2)C(=O)N(C)C1=O. The van der Waals surface area contributed by atoms with Crippen LogP contribution in [0.4, 0.5) is 4.79 Å². The number of hydrogen-bond donors (Lipinski definition) is 1. The number of hydrogen-bond acceptors (Lipinski definition) is 5. The number of H-pyrrole nitrogens is 1. The summed E-state index contributed by atoms with van der Waals surface area (Å²) in [7, 11) is 2.76. The Morgan fingerprint density at radius 3 is 2.24 bits per heavy atom. The van der Waals surface area contributed by atoms with Crippen LogP contribution in [0.5, 0.6) is 5.75 Å². The maximum atomic E-state index is 13.0. The summed E-state index contributed by atoms with van der Waals surface area (Å²) in [4.78, 5) is 48.3. The van der Waals surface area contributed by atoms with Gasteiger partial charge in [-0.1, -0.05) is 60.7 Å². The minimum Gasteiger partial charge on any atom is -0.489 e. The predicted octanol–water partition coefficient (Wildman–Crippen LogP) is 4.45. The maximum absolute atomic E-state index is 13.0. The molecule has 192 valence electrons. The number of benzene rings is 3. The molecular formula is C30H28N4O4. The van der Waals surface area contributed by atoms with E-state index in [9.17, 15) is 14.4 Å². The zero-order valence-corrected chi connectivity index (χ0v) is 21.3. The lowest BCUT2D eigenvalue weighted by Crippen LogP contribution is -2.59. The van der Waals surface area contributed by atoms with Crippen LogP contribution in [0.2, 0.25) is 0 Å². The summed E-state index contributed by atoms with van der Waals surface area (Å²) in [5, 5.41) is 1.03. The fraction of sp³-hybridized carbons (Fsp3) is 0.200. The fourth-order valence-corrected chi connectivity index (χ4v) is 4.59. The highest BCUT2D eigenvalue weighted by atomic mass is 16.5. The number of ether oxygens (including phenoxy) is 1. The molecule has 0 atom stereocenters. The Balaban J connectivity index is 1.39. The maximum Gasteiger partial charge on any atom is 0.332 e. The van der Waals surface area contributed by atoms with Crippen LogP contribution in [0.3, 0.4) is 0 Å². The fourth-order valence-electron chi connectivity index (χ4n) is 4.59. The normalized spacial score (nSPS) is 15.0. The molecule has 0 spiro atoms. The molecule has 4 aromatic rings. The summed E-state index contributed by atoms with van der Waals surface area (Å²) in [6, 6.07) is 24.4. The number of aliphatic imine (C=N–C) groups is 1. The van der Waals surface area contributed by atoms with Gasteiger partial charge in [0.2, 0.25) is 11.8 Å². The summed E-state index contributed by atoms with van der Waals surface area (Å²) >= 11 is 0. The van der Waals surface area contributed by atoms with Crippen molar-refractivity contribution in [3.05, 3.63) is 102 Å². The Kier molecular flexibility index (Phi) is 7.04. The first-order valence-corrected chi connectivity index (χ1v) is 12.4. The summed E-state index contributed by atoms with van der Waals surface area (Å²) in [5.74, 6) is -1.56. The lowest BCUT2D eigenvalue weighted by Gasteiger charge is -2.33. The van der Waals surface area contributed by atoms with Crippen LogP contribution in [-0.4, -0.2) is 59.0 Å². The number of imide groups is 2. The van der Waals surface area contributed by atoms with Gasteiger partial charge in [0.05, 0.1) is 5.71 Å². The minimum absolute atomic E-state index is 0.352. The number of nitrogens with one attached hydrogen (secondary N) is 1. The van der Waals surface area contributed by atoms with Crippen LogP contribution in [0.15, 0.2) is 90.1 Å². The highest BCUT2D eigenvalue weighted by Crippen LogP contribution is 2.26. The molecule has 8 heteroatoms. The van der Waals surface area contributed by atoms with Gasteiger partial charge in [0.25, 0.3) is 0 Å². The molecule has 1 aliphatic rings. The second-order valence-corrected chi connectivity index (χ2v) is 9.19. The molecular weight excluding hydrogens is 480 g/mol. The standard InChI is InChI=1S/C30H28N4O4/c1-33-28(35)26(29(36)34(2)30(33)37)27(21-11-7-4-8-12-21)31-16-15-22-18-32-25-14-13-23(17-24(22)25)38-19-20-9-5-3-6-10-20/h3-14,17-18,26,32H,15-16,19H2,1-2H3. The quantitative estimate of drug-likeness (QED) is 0.281. The molecule has 0 saturated carbocycles. The second kappa shape index (κ2) is 10.7. The van der Waals surface area contributed by atoms with Crippen molar-refractivity contribution in [3.8, 4) is 5.75 Å². The van der Waals surface area contributed by atoms with Gasteiger partial charge in [0.1, 0.15) is 12.4 Å². The zero-order chi connectivity index (χ0) is 26.6. The molecule has 0 bridgehead atoms.